The first-order valence-electron chi connectivity index (χ1n) is 8.86. The van der Waals surface area contributed by atoms with E-state index in [9.17, 15) is 4.79 Å². The summed E-state index contributed by atoms with van der Waals surface area (Å²) in [5.41, 5.74) is 3.09. The Hall–Kier alpha value is -3.08. The largest absolute Gasteiger partial charge is 0.492 e. The van der Waals surface area contributed by atoms with Gasteiger partial charge in [0.05, 0.1) is 13.1 Å². The molecule has 132 valence electrons. The molecule has 3 aromatic rings. The van der Waals surface area contributed by atoms with Crippen molar-refractivity contribution in [1.82, 2.24) is 14.7 Å². The van der Waals surface area contributed by atoms with Gasteiger partial charge in [-0.3, -0.25) is 9.48 Å². The van der Waals surface area contributed by atoms with Crippen molar-refractivity contribution < 1.29 is 9.53 Å². The maximum absolute atomic E-state index is 12.6. The van der Waals surface area contributed by atoms with Gasteiger partial charge in [0, 0.05) is 24.5 Å². The van der Waals surface area contributed by atoms with Crippen LogP contribution in [0, 0.1) is 0 Å². The zero-order valence-electron chi connectivity index (χ0n) is 14.5. The highest BCUT2D eigenvalue weighted by Gasteiger charge is 2.23. The van der Waals surface area contributed by atoms with Gasteiger partial charge in [0.25, 0.3) is 5.91 Å². The molecule has 0 saturated carbocycles. The van der Waals surface area contributed by atoms with Crippen molar-refractivity contribution >= 4 is 5.91 Å². The Balaban J connectivity index is 1.33. The third-order valence-corrected chi connectivity index (χ3v) is 4.62. The lowest BCUT2D eigenvalue weighted by Crippen LogP contribution is -2.40. The molecule has 1 aliphatic heterocycles. The van der Waals surface area contributed by atoms with E-state index in [0.29, 0.717) is 19.7 Å². The molecule has 0 saturated heterocycles. The molecule has 0 unspecified atom stereocenters. The van der Waals surface area contributed by atoms with E-state index in [1.807, 2.05) is 64.3 Å². The molecule has 1 aromatic heterocycles. The summed E-state index contributed by atoms with van der Waals surface area (Å²) in [4.78, 5) is 14.4. The number of carbonyl (C=O) groups is 1. The number of aromatic nitrogens is 2. The van der Waals surface area contributed by atoms with Gasteiger partial charge >= 0.3 is 0 Å². The fourth-order valence-corrected chi connectivity index (χ4v) is 3.28. The standard InChI is InChI=1S/C21H21N3O2/c25-21-20-8-2-1-6-18(20)9-12-23(21)13-14-26-19-7-3-5-17(15-19)16-24-11-4-10-22-24/h1-8,10-11,15H,9,12-14,16H2. The van der Waals surface area contributed by atoms with Gasteiger partial charge in [-0.15, -0.1) is 0 Å². The fourth-order valence-electron chi connectivity index (χ4n) is 3.28. The minimum absolute atomic E-state index is 0.0999. The van der Waals surface area contributed by atoms with Crippen LogP contribution in [0.1, 0.15) is 21.5 Å². The van der Waals surface area contributed by atoms with Crippen molar-refractivity contribution in [3.63, 3.8) is 0 Å². The van der Waals surface area contributed by atoms with Crippen LogP contribution in [-0.4, -0.2) is 40.3 Å². The highest BCUT2D eigenvalue weighted by Crippen LogP contribution is 2.19. The average molecular weight is 347 g/mol. The number of ether oxygens (including phenoxy) is 1. The van der Waals surface area contributed by atoms with Crippen LogP contribution >= 0.6 is 0 Å². The van der Waals surface area contributed by atoms with Gasteiger partial charge in [0.1, 0.15) is 12.4 Å². The van der Waals surface area contributed by atoms with Crippen molar-refractivity contribution in [2.45, 2.75) is 13.0 Å². The van der Waals surface area contributed by atoms with Crippen molar-refractivity contribution in [1.29, 1.82) is 0 Å². The Kier molecular flexibility index (Phi) is 4.69. The van der Waals surface area contributed by atoms with Crippen LogP contribution < -0.4 is 4.74 Å². The molecule has 4 rings (SSSR count). The number of hydrogen-bond acceptors (Lipinski definition) is 3. The predicted molar refractivity (Wildman–Crippen MR) is 99.3 cm³/mol. The predicted octanol–water partition coefficient (Wildman–Crippen LogP) is 3.01. The molecule has 1 amide bonds. The van der Waals surface area contributed by atoms with Crippen molar-refractivity contribution in [3.8, 4) is 5.75 Å². The summed E-state index contributed by atoms with van der Waals surface area (Å²) in [6, 6.07) is 17.8. The molecular formula is C21H21N3O2. The molecule has 5 nitrogen and oxygen atoms in total. The van der Waals surface area contributed by atoms with Crippen LogP contribution in [0.4, 0.5) is 0 Å². The minimum atomic E-state index is 0.0999. The minimum Gasteiger partial charge on any atom is -0.492 e. The molecule has 0 radical (unpaired) electrons. The lowest BCUT2D eigenvalue weighted by molar-refractivity contribution is 0.0713. The number of nitrogens with zero attached hydrogens (tertiary/aromatic N) is 3. The van der Waals surface area contributed by atoms with Gasteiger partial charge in [0.2, 0.25) is 0 Å². The molecule has 0 fully saturated rings. The van der Waals surface area contributed by atoms with Crippen LogP contribution in [0.15, 0.2) is 67.0 Å². The molecule has 0 spiro atoms. The van der Waals surface area contributed by atoms with E-state index in [4.69, 9.17) is 4.74 Å². The van der Waals surface area contributed by atoms with Gasteiger partial charge in [-0.2, -0.15) is 5.10 Å². The maximum Gasteiger partial charge on any atom is 0.254 e. The zero-order valence-corrected chi connectivity index (χ0v) is 14.5. The number of carbonyl (C=O) groups excluding carboxylic acids is 1. The van der Waals surface area contributed by atoms with E-state index in [2.05, 4.69) is 11.2 Å². The summed E-state index contributed by atoms with van der Waals surface area (Å²) in [5, 5.41) is 4.22. The second-order valence-electron chi connectivity index (χ2n) is 6.40. The normalized spacial score (nSPS) is 13.5. The Bertz CT molecular complexity index is 890. The average Bonchev–Trinajstić information content (AvgIpc) is 3.17. The third kappa shape index (κ3) is 3.61. The van der Waals surface area contributed by atoms with E-state index < -0.39 is 0 Å². The lowest BCUT2D eigenvalue weighted by Gasteiger charge is -2.28. The first kappa shape index (κ1) is 16.4. The van der Waals surface area contributed by atoms with Gasteiger partial charge in [-0.25, -0.2) is 0 Å². The van der Waals surface area contributed by atoms with Crippen molar-refractivity contribution in [2.75, 3.05) is 19.7 Å². The molecular weight excluding hydrogens is 326 g/mol. The van der Waals surface area contributed by atoms with Gasteiger partial charge in [-0.05, 0) is 41.8 Å². The van der Waals surface area contributed by atoms with Crippen molar-refractivity contribution in [2.24, 2.45) is 0 Å². The number of benzene rings is 2. The molecule has 0 bridgehead atoms. The summed E-state index contributed by atoms with van der Waals surface area (Å²) in [7, 11) is 0. The number of fused-ring (bicyclic) bond motifs is 1. The van der Waals surface area contributed by atoms with E-state index in [1.165, 1.54) is 0 Å². The lowest BCUT2D eigenvalue weighted by atomic mass is 9.99. The number of rotatable bonds is 6. The Morgan fingerprint density at radius 3 is 2.88 bits per heavy atom. The zero-order chi connectivity index (χ0) is 17.8. The summed E-state index contributed by atoms with van der Waals surface area (Å²) >= 11 is 0. The Morgan fingerprint density at radius 2 is 2.00 bits per heavy atom. The second kappa shape index (κ2) is 7.44. The molecule has 0 aliphatic carbocycles. The fraction of sp³-hybridized carbons (Fsp3) is 0.238. The molecule has 0 atom stereocenters. The van der Waals surface area contributed by atoms with Crippen LogP contribution in [-0.2, 0) is 13.0 Å². The Labute approximate surface area is 152 Å². The van der Waals surface area contributed by atoms with Gasteiger partial charge in [-0.1, -0.05) is 30.3 Å². The molecule has 0 N–H and O–H groups in total. The van der Waals surface area contributed by atoms with E-state index in [-0.39, 0.29) is 5.91 Å². The van der Waals surface area contributed by atoms with Crippen LogP contribution in [0.25, 0.3) is 0 Å². The number of hydrogen-bond donors (Lipinski definition) is 0. The molecule has 5 heteroatoms. The van der Waals surface area contributed by atoms with Crippen molar-refractivity contribution in [3.05, 3.63) is 83.7 Å². The molecule has 1 aliphatic rings. The monoisotopic (exact) mass is 347 g/mol. The molecule has 26 heavy (non-hydrogen) atoms. The van der Waals surface area contributed by atoms with Crippen LogP contribution in [0.5, 0.6) is 5.75 Å². The molecule has 2 aromatic carbocycles. The smallest absolute Gasteiger partial charge is 0.254 e. The highest BCUT2D eigenvalue weighted by atomic mass is 16.5. The topological polar surface area (TPSA) is 47.4 Å². The summed E-state index contributed by atoms with van der Waals surface area (Å²) in [6.07, 6.45) is 4.61. The first-order chi connectivity index (χ1) is 12.8. The number of amides is 1. The summed E-state index contributed by atoms with van der Waals surface area (Å²) in [5.74, 6) is 0.919. The van der Waals surface area contributed by atoms with Crippen LogP contribution in [0.3, 0.4) is 0 Å². The molecule has 2 heterocycles. The van der Waals surface area contributed by atoms with E-state index in [0.717, 1.165) is 35.4 Å². The third-order valence-electron chi connectivity index (χ3n) is 4.62. The Morgan fingerprint density at radius 1 is 1.08 bits per heavy atom. The van der Waals surface area contributed by atoms with E-state index in [1.54, 1.807) is 6.20 Å². The summed E-state index contributed by atoms with van der Waals surface area (Å²) < 4.78 is 7.76. The quantitative estimate of drug-likeness (QED) is 0.689. The van der Waals surface area contributed by atoms with E-state index >= 15 is 0 Å². The van der Waals surface area contributed by atoms with Gasteiger partial charge < -0.3 is 9.64 Å². The first-order valence-corrected chi connectivity index (χ1v) is 8.86. The highest BCUT2D eigenvalue weighted by molar-refractivity contribution is 5.96. The van der Waals surface area contributed by atoms with Crippen LogP contribution in [0.2, 0.25) is 0 Å². The second-order valence-corrected chi connectivity index (χ2v) is 6.40. The summed E-state index contributed by atoms with van der Waals surface area (Å²) in [6.45, 7) is 2.54. The SMILES string of the molecule is O=C1c2ccccc2CCN1CCOc1cccc(Cn2cccn2)c1. The van der Waals surface area contributed by atoms with Gasteiger partial charge in [0.15, 0.2) is 0 Å². The maximum atomic E-state index is 12.6.